The van der Waals surface area contributed by atoms with Gasteiger partial charge < -0.3 is 10.2 Å². The minimum Gasteiger partial charge on any atom is -0.348 e. The summed E-state index contributed by atoms with van der Waals surface area (Å²) in [6.07, 6.45) is 10.3. The van der Waals surface area contributed by atoms with Gasteiger partial charge in [0.1, 0.15) is 5.69 Å². The van der Waals surface area contributed by atoms with Gasteiger partial charge in [-0.25, -0.2) is 9.97 Å². The van der Waals surface area contributed by atoms with E-state index in [0.29, 0.717) is 11.5 Å². The smallest absolute Gasteiger partial charge is 0.271 e. The van der Waals surface area contributed by atoms with E-state index in [9.17, 15) is 9.59 Å². The molecule has 0 spiro atoms. The molecule has 1 aromatic carbocycles. The van der Waals surface area contributed by atoms with Crippen molar-refractivity contribution < 1.29 is 9.59 Å². The van der Waals surface area contributed by atoms with Gasteiger partial charge in [-0.05, 0) is 55.7 Å². The van der Waals surface area contributed by atoms with E-state index in [-0.39, 0.29) is 23.8 Å². The van der Waals surface area contributed by atoms with Crippen molar-refractivity contribution in [2.75, 3.05) is 13.1 Å². The minimum atomic E-state index is -0.175. The van der Waals surface area contributed by atoms with E-state index >= 15 is 0 Å². The van der Waals surface area contributed by atoms with Crippen molar-refractivity contribution >= 4 is 17.6 Å². The van der Waals surface area contributed by atoms with Crippen molar-refractivity contribution in [3.05, 3.63) is 65.7 Å². The molecule has 3 heterocycles. The molecule has 3 aromatic rings. The number of amides is 2. The highest BCUT2D eigenvalue weighted by Crippen LogP contribution is 2.27. The fourth-order valence-electron chi connectivity index (χ4n) is 4.83. The Morgan fingerprint density at radius 2 is 1.68 bits per heavy atom. The van der Waals surface area contributed by atoms with Crippen LogP contribution in [0.15, 0.2) is 48.9 Å². The van der Waals surface area contributed by atoms with Crippen LogP contribution in [0, 0.1) is 5.92 Å². The quantitative estimate of drug-likeness (QED) is 0.711. The van der Waals surface area contributed by atoms with Crippen LogP contribution in [-0.2, 0) is 17.6 Å². The third-order valence-electron chi connectivity index (χ3n) is 6.61. The van der Waals surface area contributed by atoms with Gasteiger partial charge in [-0.15, -0.1) is 0 Å². The number of carbonyl (C=O) groups is 2. The van der Waals surface area contributed by atoms with E-state index in [0.717, 1.165) is 51.6 Å². The normalized spacial score (nSPS) is 21.4. The molecule has 0 bridgehead atoms. The molecule has 2 amide bonds. The van der Waals surface area contributed by atoms with Crippen molar-refractivity contribution in [3.8, 4) is 0 Å². The number of imidazole rings is 1. The molecule has 5 rings (SSSR count). The van der Waals surface area contributed by atoms with Crippen molar-refractivity contribution in [2.45, 2.75) is 44.6 Å². The van der Waals surface area contributed by atoms with E-state index in [4.69, 9.17) is 0 Å². The molecule has 2 aliphatic rings. The first kappa shape index (κ1) is 19.7. The molecule has 1 aliphatic carbocycles. The van der Waals surface area contributed by atoms with Crippen LogP contribution in [0.2, 0.25) is 0 Å². The van der Waals surface area contributed by atoms with Gasteiger partial charge in [0.05, 0.1) is 0 Å². The van der Waals surface area contributed by atoms with Crippen LogP contribution in [0.3, 0.4) is 0 Å². The maximum atomic E-state index is 13.1. The first-order valence-electron chi connectivity index (χ1n) is 11.1. The van der Waals surface area contributed by atoms with E-state index in [1.54, 1.807) is 22.9 Å². The number of hydrogen-bond donors (Lipinski definition) is 1. The first-order valence-corrected chi connectivity index (χ1v) is 11.1. The fraction of sp³-hybridized carbons (Fsp3) is 0.417. The maximum absolute atomic E-state index is 13.1. The Hall–Kier alpha value is -3.22. The van der Waals surface area contributed by atoms with Crippen LogP contribution in [-0.4, -0.2) is 50.2 Å². The molecule has 7 heteroatoms. The van der Waals surface area contributed by atoms with Crippen LogP contribution in [0.5, 0.6) is 0 Å². The lowest BCUT2D eigenvalue weighted by Gasteiger charge is -2.32. The number of nitrogens with one attached hydrogen (secondary N) is 1. The third-order valence-corrected chi connectivity index (χ3v) is 6.61. The van der Waals surface area contributed by atoms with E-state index in [1.807, 2.05) is 11.1 Å². The Morgan fingerprint density at radius 1 is 0.968 bits per heavy atom. The van der Waals surface area contributed by atoms with Gasteiger partial charge in [0.2, 0.25) is 11.7 Å². The summed E-state index contributed by atoms with van der Waals surface area (Å²) < 4.78 is 1.74. The number of hydrogen-bond acceptors (Lipinski definition) is 4. The van der Waals surface area contributed by atoms with Crippen molar-refractivity contribution in [3.63, 3.8) is 0 Å². The minimum absolute atomic E-state index is 0.0637. The lowest BCUT2D eigenvalue weighted by Crippen LogP contribution is -2.43. The standard InChI is InChI=1S/C24H27N5O2/c30-22(21-16-29-13-3-12-25-24(29)27-21)26-20-8-6-19(7-9-20)23(31)28-14-10-17-4-1-2-5-18(17)11-15-28/h1-5,12-13,16,19-20H,6-11,14-15H2,(H,26,30). The largest absolute Gasteiger partial charge is 0.348 e. The molecule has 7 nitrogen and oxygen atoms in total. The van der Waals surface area contributed by atoms with Gasteiger partial charge in [0, 0.05) is 43.6 Å². The molecule has 1 N–H and O–H groups in total. The number of fused-ring (bicyclic) bond motifs is 2. The lowest BCUT2D eigenvalue weighted by atomic mass is 9.85. The average Bonchev–Trinajstić information content (AvgIpc) is 3.13. The fourth-order valence-corrected chi connectivity index (χ4v) is 4.83. The maximum Gasteiger partial charge on any atom is 0.271 e. The predicted molar refractivity (Wildman–Crippen MR) is 117 cm³/mol. The van der Waals surface area contributed by atoms with Crippen LogP contribution >= 0.6 is 0 Å². The molecule has 1 aliphatic heterocycles. The monoisotopic (exact) mass is 417 g/mol. The number of aromatic nitrogens is 3. The molecule has 1 saturated carbocycles. The molecular weight excluding hydrogens is 390 g/mol. The molecule has 0 unspecified atom stereocenters. The Bertz CT molecular complexity index is 1040. The van der Waals surface area contributed by atoms with Gasteiger partial charge >= 0.3 is 0 Å². The molecule has 0 saturated heterocycles. The zero-order valence-electron chi connectivity index (χ0n) is 17.5. The second-order valence-corrected chi connectivity index (χ2v) is 8.57. The van der Waals surface area contributed by atoms with E-state index in [1.165, 1.54) is 11.1 Å². The van der Waals surface area contributed by atoms with Gasteiger partial charge in [-0.2, -0.15) is 0 Å². The van der Waals surface area contributed by atoms with Gasteiger partial charge in [0.25, 0.3) is 5.91 Å². The zero-order valence-corrected chi connectivity index (χ0v) is 17.5. The second-order valence-electron chi connectivity index (χ2n) is 8.57. The predicted octanol–water partition coefficient (Wildman–Crippen LogP) is 2.65. The summed E-state index contributed by atoms with van der Waals surface area (Å²) in [7, 11) is 0. The number of benzene rings is 1. The Labute approximate surface area is 181 Å². The summed E-state index contributed by atoms with van der Waals surface area (Å²) in [5, 5.41) is 3.09. The Balaban J connectivity index is 1.14. The Morgan fingerprint density at radius 3 is 2.35 bits per heavy atom. The highest BCUT2D eigenvalue weighted by Gasteiger charge is 2.31. The molecule has 0 radical (unpaired) electrons. The SMILES string of the molecule is O=C(NC1CCC(C(=O)N2CCc3ccccc3CC2)CC1)c1cn2cccnc2n1. The topological polar surface area (TPSA) is 79.6 Å². The molecule has 160 valence electrons. The van der Waals surface area contributed by atoms with Gasteiger partial charge in [-0.3, -0.25) is 14.0 Å². The summed E-state index contributed by atoms with van der Waals surface area (Å²) in [4.78, 5) is 36.2. The summed E-state index contributed by atoms with van der Waals surface area (Å²) in [5.41, 5.74) is 3.11. The number of carbonyl (C=O) groups excluding carboxylic acids is 2. The number of nitrogens with zero attached hydrogens (tertiary/aromatic N) is 4. The van der Waals surface area contributed by atoms with Crippen molar-refractivity contribution in [1.29, 1.82) is 0 Å². The molecule has 1 fully saturated rings. The van der Waals surface area contributed by atoms with Crippen LogP contribution in [0.4, 0.5) is 0 Å². The van der Waals surface area contributed by atoms with Crippen molar-refractivity contribution in [2.24, 2.45) is 5.92 Å². The van der Waals surface area contributed by atoms with Gasteiger partial charge in [-0.1, -0.05) is 24.3 Å². The van der Waals surface area contributed by atoms with Gasteiger partial charge in [0.15, 0.2) is 0 Å². The summed E-state index contributed by atoms with van der Waals surface area (Å²) >= 11 is 0. The van der Waals surface area contributed by atoms with Crippen LogP contribution in [0.25, 0.3) is 5.78 Å². The molecule has 31 heavy (non-hydrogen) atoms. The van der Waals surface area contributed by atoms with Crippen LogP contribution < -0.4 is 5.32 Å². The van der Waals surface area contributed by atoms with Crippen LogP contribution in [0.1, 0.15) is 47.3 Å². The molecule has 2 aromatic heterocycles. The zero-order chi connectivity index (χ0) is 21.2. The number of rotatable bonds is 3. The summed E-state index contributed by atoms with van der Waals surface area (Å²) in [6, 6.07) is 10.4. The summed E-state index contributed by atoms with van der Waals surface area (Å²) in [5.74, 6) is 0.685. The molecule has 0 atom stereocenters. The summed E-state index contributed by atoms with van der Waals surface area (Å²) in [6.45, 7) is 1.60. The third kappa shape index (κ3) is 4.17. The highest BCUT2D eigenvalue weighted by atomic mass is 16.2. The molecular formula is C24H27N5O2. The lowest BCUT2D eigenvalue weighted by molar-refractivity contribution is -0.136. The second kappa shape index (κ2) is 8.49. The van der Waals surface area contributed by atoms with Crippen molar-refractivity contribution in [1.82, 2.24) is 24.6 Å². The van der Waals surface area contributed by atoms with E-state index in [2.05, 4.69) is 39.6 Å². The van der Waals surface area contributed by atoms with E-state index < -0.39 is 0 Å². The Kier molecular flexibility index (Phi) is 5.40. The first-order chi connectivity index (χ1) is 15.2. The highest BCUT2D eigenvalue weighted by molar-refractivity contribution is 5.93. The average molecular weight is 418 g/mol.